The number of amides is 2. The van der Waals surface area contributed by atoms with E-state index in [9.17, 15) is 18.0 Å². The van der Waals surface area contributed by atoms with Gasteiger partial charge < -0.3 is 0 Å². The fourth-order valence-corrected chi connectivity index (χ4v) is 3.76. The molecule has 5 nitrogen and oxygen atoms in total. The number of hydrogen-bond donors (Lipinski definition) is 0. The number of likely N-dealkylation sites (tertiary alicyclic amines) is 1. The number of carbonyl (C=O) groups excluding carboxylic acids is 2. The van der Waals surface area contributed by atoms with Crippen LogP contribution in [0.15, 0.2) is 0 Å². The van der Waals surface area contributed by atoms with Crippen LogP contribution < -0.4 is 0 Å². The summed E-state index contributed by atoms with van der Waals surface area (Å²) in [4.78, 5) is 24.9. The highest BCUT2D eigenvalue weighted by molar-refractivity contribution is 7.75. The van der Waals surface area contributed by atoms with Crippen LogP contribution in [-0.4, -0.2) is 36.5 Å². The second-order valence-electron chi connectivity index (χ2n) is 4.86. The number of nitrogens with zero attached hydrogens (tertiary/aromatic N) is 1. The maximum atomic E-state index is 12.2. The van der Waals surface area contributed by atoms with E-state index in [-0.39, 0.29) is 23.2 Å². The fourth-order valence-electron chi connectivity index (χ4n) is 3.00. The number of rotatable bonds is 2. The first-order valence-corrected chi connectivity index (χ1v) is 7.47. The molecule has 1 aliphatic heterocycles. The Balaban J connectivity index is 2.40. The van der Waals surface area contributed by atoms with E-state index in [0.29, 0.717) is 0 Å². The van der Waals surface area contributed by atoms with Gasteiger partial charge in [0.15, 0.2) is 0 Å². The van der Waals surface area contributed by atoms with Gasteiger partial charge in [-0.3, -0.25) is 14.5 Å². The molecule has 100 valence electrons. The first-order chi connectivity index (χ1) is 8.57. The maximum Gasteiger partial charge on any atom is 0.272 e. The van der Waals surface area contributed by atoms with E-state index in [1.165, 1.54) is 0 Å². The first-order valence-electron chi connectivity index (χ1n) is 6.39. The van der Waals surface area contributed by atoms with Gasteiger partial charge in [0.05, 0.1) is 5.92 Å². The summed E-state index contributed by atoms with van der Waals surface area (Å²) >= 11 is 0. The summed E-state index contributed by atoms with van der Waals surface area (Å²) in [6, 6.07) is 0. The maximum absolute atomic E-state index is 12.2. The molecule has 0 aromatic carbocycles. The van der Waals surface area contributed by atoms with Gasteiger partial charge in [-0.1, -0.05) is 19.3 Å². The van der Waals surface area contributed by atoms with Gasteiger partial charge in [-0.05, 0) is 25.7 Å². The summed E-state index contributed by atoms with van der Waals surface area (Å²) < 4.78 is 22.5. The number of hydrogen-bond acceptors (Lipinski definition) is 4. The third-order valence-corrected chi connectivity index (χ3v) is 4.68. The Morgan fingerprint density at radius 1 is 1.17 bits per heavy atom. The van der Waals surface area contributed by atoms with Crippen molar-refractivity contribution in [3.05, 3.63) is 0 Å². The highest BCUT2D eigenvalue weighted by Gasteiger charge is 2.48. The largest absolute Gasteiger partial charge is 0.278 e. The van der Waals surface area contributed by atoms with E-state index in [1.54, 1.807) is 6.92 Å². The monoisotopic (exact) mass is 271 g/mol. The lowest BCUT2D eigenvalue weighted by molar-refractivity contribution is -0.139. The smallest absolute Gasteiger partial charge is 0.272 e. The molecule has 1 heterocycles. The van der Waals surface area contributed by atoms with Crippen LogP contribution in [0.2, 0.25) is 0 Å². The van der Waals surface area contributed by atoms with Crippen LogP contribution in [0.3, 0.4) is 0 Å². The molecule has 2 amide bonds. The Kier molecular flexibility index (Phi) is 3.85. The minimum atomic E-state index is -2.59. The average Bonchev–Trinajstić information content (AvgIpc) is 2.61. The van der Waals surface area contributed by atoms with E-state index in [4.69, 9.17) is 0 Å². The van der Waals surface area contributed by atoms with Gasteiger partial charge >= 0.3 is 0 Å². The minimum absolute atomic E-state index is 0.0136. The van der Waals surface area contributed by atoms with E-state index in [2.05, 4.69) is 0 Å². The number of imide groups is 1. The molecule has 1 unspecified atom stereocenters. The lowest BCUT2D eigenvalue weighted by Crippen LogP contribution is -2.32. The van der Waals surface area contributed by atoms with Crippen LogP contribution in [0.1, 0.15) is 39.0 Å². The molecule has 1 atom stereocenters. The molecular formula is C12H17NO4S. The van der Waals surface area contributed by atoms with Gasteiger partial charge in [0.1, 0.15) is 4.86 Å². The van der Waals surface area contributed by atoms with Crippen LogP contribution >= 0.6 is 0 Å². The summed E-state index contributed by atoms with van der Waals surface area (Å²) in [6.45, 7) is 1.92. The van der Waals surface area contributed by atoms with E-state index < -0.39 is 22.1 Å². The van der Waals surface area contributed by atoms with Crippen molar-refractivity contribution in [2.24, 2.45) is 11.8 Å². The van der Waals surface area contributed by atoms with Crippen molar-refractivity contribution in [1.29, 1.82) is 0 Å². The van der Waals surface area contributed by atoms with Crippen molar-refractivity contribution >= 4 is 27.0 Å². The van der Waals surface area contributed by atoms with Crippen molar-refractivity contribution < 1.29 is 18.0 Å². The lowest BCUT2D eigenvalue weighted by atomic mass is 9.79. The van der Waals surface area contributed by atoms with Gasteiger partial charge in [-0.15, -0.1) is 0 Å². The summed E-state index contributed by atoms with van der Waals surface area (Å²) in [7, 11) is -2.59. The Hall–Kier alpha value is -1.17. The molecule has 0 radical (unpaired) electrons. The van der Waals surface area contributed by atoms with E-state index in [0.717, 1.165) is 37.0 Å². The quantitative estimate of drug-likeness (QED) is 0.545. The molecule has 0 spiro atoms. The molecule has 0 N–H and O–H groups in total. The van der Waals surface area contributed by atoms with Gasteiger partial charge in [0.25, 0.3) is 5.91 Å². The minimum Gasteiger partial charge on any atom is -0.278 e. The molecular weight excluding hydrogens is 254 g/mol. The highest BCUT2D eigenvalue weighted by atomic mass is 32.2. The average molecular weight is 271 g/mol. The summed E-state index contributed by atoms with van der Waals surface area (Å²) in [5, 5.41) is 0. The molecule has 0 bridgehead atoms. The van der Waals surface area contributed by atoms with Gasteiger partial charge in [-0.25, -0.2) is 0 Å². The van der Waals surface area contributed by atoms with Crippen molar-refractivity contribution in [1.82, 2.24) is 4.90 Å². The third-order valence-electron chi connectivity index (χ3n) is 3.89. The second-order valence-corrected chi connectivity index (χ2v) is 5.77. The van der Waals surface area contributed by atoms with Gasteiger partial charge in [0, 0.05) is 6.54 Å². The van der Waals surface area contributed by atoms with Gasteiger partial charge in [-0.2, -0.15) is 8.42 Å². The fraction of sp³-hybridized carbons (Fsp3) is 0.750. The zero-order valence-corrected chi connectivity index (χ0v) is 11.2. The van der Waals surface area contributed by atoms with Crippen LogP contribution in [-0.2, 0) is 19.9 Å². The predicted molar refractivity (Wildman–Crippen MR) is 66.4 cm³/mol. The Morgan fingerprint density at radius 3 is 2.28 bits per heavy atom. The van der Waals surface area contributed by atoms with Crippen LogP contribution in [0.5, 0.6) is 0 Å². The van der Waals surface area contributed by atoms with Crippen LogP contribution in [0.25, 0.3) is 0 Å². The zero-order chi connectivity index (χ0) is 13.3. The molecule has 2 fully saturated rings. The van der Waals surface area contributed by atoms with Crippen LogP contribution in [0, 0.1) is 11.8 Å². The summed E-state index contributed by atoms with van der Waals surface area (Å²) in [5.41, 5.74) is 0. The molecule has 0 aromatic rings. The SMILES string of the molecule is CCN1C(=O)C(=S(=O)=O)C(C2CCCCC2)C1=O. The first kappa shape index (κ1) is 13.3. The Morgan fingerprint density at radius 2 is 1.78 bits per heavy atom. The van der Waals surface area contributed by atoms with Crippen molar-refractivity contribution in [3.63, 3.8) is 0 Å². The normalized spacial score (nSPS) is 25.9. The number of carbonyl (C=O) groups is 2. The van der Waals surface area contributed by atoms with Gasteiger partial charge in [0.2, 0.25) is 16.2 Å². The van der Waals surface area contributed by atoms with Crippen molar-refractivity contribution in [2.45, 2.75) is 39.0 Å². The van der Waals surface area contributed by atoms with E-state index in [1.807, 2.05) is 0 Å². The van der Waals surface area contributed by atoms with Crippen molar-refractivity contribution in [3.8, 4) is 0 Å². The zero-order valence-electron chi connectivity index (χ0n) is 10.4. The van der Waals surface area contributed by atoms with Crippen LogP contribution in [0.4, 0.5) is 0 Å². The predicted octanol–water partition coefficient (Wildman–Crippen LogP) is 0.623. The Bertz CT molecular complexity index is 494. The topological polar surface area (TPSA) is 71.5 Å². The van der Waals surface area contributed by atoms with Crippen molar-refractivity contribution in [2.75, 3.05) is 6.54 Å². The molecule has 1 saturated carbocycles. The molecule has 1 saturated heterocycles. The third kappa shape index (κ3) is 2.09. The molecule has 2 rings (SSSR count). The molecule has 1 aliphatic carbocycles. The lowest BCUT2D eigenvalue weighted by Gasteiger charge is -2.25. The molecule has 18 heavy (non-hydrogen) atoms. The Labute approximate surface area is 108 Å². The molecule has 0 aromatic heterocycles. The summed E-state index contributed by atoms with van der Waals surface area (Å²) in [6.07, 6.45) is 4.81. The van der Waals surface area contributed by atoms with E-state index >= 15 is 0 Å². The highest BCUT2D eigenvalue weighted by Crippen LogP contribution is 2.34. The standard InChI is InChI=1S/C12H17NO4S/c1-2-13-11(14)9(8-6-4-3-5-7-8)10(12(13)15)18(16)17/h8-9H,2-7H2,1H3. The molecule has 6 heteroatoms. The second kappa shape index (κ2) is 5.22. The molecule has 2 aliphatic rings. The summed E-state index contributed by atoms with van der Waals surface area (Å²) in [5.74, 6) is -1.66.